The number of nitrogens with zero attached hydrogens (tertiary/aromatic N) is 1. The molecule has 0 atom stereocenters. The molecule has 5 heteroatoms. The van der Waals surface area contributed by atoms with Crippen LogP contribution in [0, 0.1) is 25.2 Å². The number of aryl methyl sites for hydroxylation is 2. The highest BCUT2D eigenvalue weighted by atomic mass is 16.5. The summed E-state index contributed by atoms with van der Waals surface area (Å²) >= 11 is 0. The highest BCUT2D eigenvalue weighted by Gasteiger charge is 2.12. The molecule has 0 heterocycles. The number of nitrogens with one attached hydrogen (secondary N) is 1. The van der Waals surface area contributed by atoms with Gasteiger partial charge in [-0.25, -0.2) is 0 Å². The van der Waals surface area contributed by atoms with E-state index in [1.165, 1.54) is 12.1 Å². The molecule has 0 spiro atoms. The Hall–Kier alpha value is -3.26. The summed E-state index contributed by atoms with van der Waals surface area (Å²) in [4.78, 5) is 12.4. The van der Waals surface area contributed by atoms with Gasteiger partial charge in [-0.05, 0) is 61.7 Å². The standard InChI is InChI=1S/C20H20N2O3/c1-4-25-19-11-15(7-8-18(19)23)10-16(12-21)20(24)22-17-9-13(2)5-6-14(17)3/h5-11,23H,4H2,1-3H3,(H,22,24). The minimum Gasteiger partial charge on any atom is -0.504 e. The van der Waals surface area contributed by atoms with Gasteiger partial charge in [-0.1, -0.05) is 18.2 Å². The van der Waals surface area contributed by atoms with Gasteiger partial charge in [0.05, 0.1) is 6.61 Å². The molecule has 2 aromatic carbocycles. The average Bonchev–Trinajstić information content (AvgIpc) is 2.58. The molecular weight excluding hydrogens is 316 g/mol. The van der Waals surface area contributed by atoms with Crippen molar-refractivity contribution in [3.63, 3.8) is 0 Å². The summed E-state index contributed by atoms with van der Waals surface area (Å²) < 4.78 is 5.31. The van der Waals surface area contributed by atoms with E-state index in [9.17, 15) is 15.2 Å². The first kappa shape index (κ1) is 18.1. The van der Waals surface area contributed by atoms with Gasteiger partial charge in [0, 0.05) is 5.69 Å². The molecule has 0 saturated carbocycles. The predicted molar refractivity (Wildman–Crippen MR) is 97.4 cm³/mol. The number of aromatic hydroxyl groups is 1. The number of carbonyl (C=O) groups excluding carboxylic acids is 1. The van der Waals surface area contributed by atoms with Crippen LogP contribution < -0.4 is 10.1 Å². The normalized spacial score (nSPS) is 10.9. The molecule has 1 amide bonds. The number of amides is 1. The number of carbonyl (C=O) groups is 1. The maximum absolute atomic E-state index is 12.4. The van der Waals surface area contributed by atoms with Crippen LogP contribution in [-0.2, 0) is 4.79 Å². The van der Waals surface area contributed by atoms with Crippen molar-refractivity contribution in [1.29, 1.82) is 5.26 Å². The lowest BCUT2D eigenvalue weighted by molar-refractivity contribution is -0.112. The van der Waals surface area contributed by atoms with E-state index >= 15 is 0 Å². The maximum atomic E-state index is 12.4. The number of ether oxygens (including phenoxy) is 1. The fourth-order valence-corrected chi connectivity index (χ4v) is 2.27. The molecule has 0 aliphatic heterocycles. The van der Waals surface area contributed by atoms with Crippen LogP contribution in [0.25, 0.3) is 6.08 Å². The molecule has 0 aliphatic carbocycles. The lowest BCUT2D eigenvalue weighted by Crippen LogP contribution is -2.14. The minimum absolute atomic E-state index is 0.0114. The van der Waals surface area contributed by atoms with Crippen molar-refractivity contribution in [3.05, 3.63) is 58.7 Å². The number of phenols is 1. The number of hydrogen-bond acceptors (Lipinski definition) is 4. The van der Waals surface area contributed by atoms with Crippen molar-refractivity contribution < 1.29 is 14.6 Å². The van der Waals surface area contributed by atoms with Crippen LogP contribution in [-0.4, -0.2) is 17.6 Å². The summed E-state index contributed by atoms with van der Waals surface area (Å²) in [5.41, 5.74) is 3.16. The van der Waals surface area contributed by atoms with Crippen LogP contribution in [0.1, 0.15) is 23.6 Å². The highest BCUT2D eigenvalue weighted by molar-refractivity contribution is 6.10. The van der Waals surface area contributed by atoms with E-state index in [1.807, 2.05) is 38.1 Å². The topological polar surface area (TPSA) is 82.3 Å². The zero-order chi connectivity index (χ0) is 18.4. The van der Waals surface area contributed by atoms with Crippen LogP contribution in [0.2, 0.25) is 0 Å². The predicted octanol–water partition coefficient (Wildman–Crippen LogP) is 3.95. The van der Waals surface area contributed by atoms with Crippen molar-refractivity contribution in [2.75, 3.05) is 11.9 Å². The fourth-order valence-electron chi connectivity index (χ4n) is 2.27. The third kappa shape index (κ3) is 4.61. The van der Waals surface area contributed by atoms with Gasteiger partial charge in [0.2, 0.25) is 0 Å². The van der Waals surface area contributed by atoms with Crippen molar-refractivity contribution in [3.8, 4) is 17.6 Å². The van der Waals surface area contributed by atoms with E-state index in [0.717, 1.165) is 11.1 Å². The molecule has 0 aromatic heterocycles. The Morgan fingerprint density at radius 3 is 2.72 bits per heavy atom. The quantitative estimate of drug-likeness (QED) is 0.640. The molecule has 0 unspecified atom stereocenters. The molecule has 2 rings (SSSR count). The van der Waals surface area contributed by atoms with Gasteiger partial charge >= 0.3 is 0 Å². The van der Waals surface area contributed by atoms with E-state index < -0.39 is 5.91 Å². The summed E-state index contributed by atoms with van der Waals surface area (Å²) in [6.07, 6.45) is 1.46. The van der Waals surface area contributed by atoms with E-state index in [2.05, 4.69) is 5.32 Å². The molecule has 25 heavy (non-hydrogen) atoms. The zero-order valence-electron chi connectivity index (χ0n) is 14.5. The first-order chi connectivity index (χ1) is 11.9. The lowest BCUT2D eigenvalue weighted by atomic mass is 10.1. The summed E-state index contributed by atoms with van der Waals surface area (Å²) in [5, 5.41) is 21.8. The average molecular weight is 336 g/mol. The maximum Gasteiger partial charge on any atom is 0.266 e. The molecule has 0 aliphatic rings. The van der Waals surface area contributed by atoms with E-state index in [0.29, 0.717) is 23.6 Å². The van der Waals surface area contributed by atoms with Crippen LogP contribution in [0.5, 0.6) is 11.5 Å². The van der Waals surface area contributed by atoms with Crippen molar-refractivity contribution in [2.45, 2.75) is 20.8 Å². The molecule has 0 fully saturated rings. The second kappa shape index (κ2) is 8.02. The Morgan fingerprint density at radius 2 is 2.04 bits per heavy atom. The first-order valence-corrected chi connectivity index (χ1v) is 7.90. The van der Waals surface area contributed by atoms with E-state index in [4.69, 9.17) is 4.74 Å². The number of anilines is 1. The fraction of sp³-hybridized carbons (Fsp3) is 0.200. The molecule has 2 aromatic rings. The number of nitriles is 1. The van der Waals surface area contributed by atoms with Gasteiger partial charge in [0.25, 0.3) is 5.91 Å². The van der Waals surface area contributed by atoms with Gasteiger partial charge in [-0.3, -0.25) is 4.79 Å². The SMILES string of the molecule is CCOc1cc(C=C(C#N)C(=O)Nc2cc(C)ccc2C)ccc1O. The third-order valence-corrected chi connectivity index (χ3v) is 3.60. The van der Waals surface area contributed by atoms with Crippen molar-refractivity contribution >= 4 is 17.7 Å². The summed E-state index contributed by atoms with van der Waals surface area (Å²) in [6, 6.07) is 12.3. The van der Waals surface area contributed by atoms with Gasteiger partial charge in [-0.2, -0.15) is 5.26 Å². The lowest BCUT2D eigenvalue weighted by Gasteiger charge is -2.09. The molecular formula is C20H20N2O3. The Morgan fingerprint density at radius 1 is 1.28 bits per heavy atom. The van der Waals surface area contributed by atoms with Gasteiger partial charge in [-0.15, -0.1) is 0 Å². The second-order valence-corrected chi connectivity index (χ2v) is 5.60. The summed E-state index contributed by atoms with van der Waals surface area (Å²) in [5.74, 6) is -0.164. The molecule has 0 bridgehead atoms. The number of benzene rings is 2. The Balaban J connectivity index is 2.28. The Bertz CT molecular complexity index is 864. The number of rotatable bonds is 5. The Kier molecular flexibility index (Phi) is 5.80. The zero-order valence-corrected chi connectivity index (χ0v) is 14.5. The van der Waals surface area contributed by atoms with Gasteiger partial charge < -0.3 is 15.2 Å². The molecule has 0 saturated heterocycles. The summed E-state index contributed by atoms with van der Waals surface area (Å²) in [6.45, 7) is 6.03. The van der Waals surface area contributed by atoms with Gasteiger partial charge in [0.1, 0.15) is 11.6 Å². The molecule has 128 valence electrons. The third-order valence-electron chi connectivity index (χ3n) is 3.60. The minimum atomic E-state index is -0.484. The number of phenolic OH excluding ortho intramolecular Hbond substituents is 1. The highest BCUT2D eigenvalue weighted by Crippen LogP contribution is 2.28. The van der Waals surface area contributed by atoms with E-state index in [-0.39, 0.29) is 11.3 Å². The van der Waals surface area contributed by atoms with Gasteiger partial charge in [0.15, 0.2) is 11.5 Å². The first-order valence-electron chi connectivity index (χ1n) is 7.90. The van der Waals surface area contributed by atoms with Crippen LogP contribution in [0.3, 0.4) is 0 Å². The largest absolute Gasteiger partial charge is 0.504 e. The molecule has 5 nitrogen and oxygen atoms in total. The molecule has 2 N–H and O–H groups in total. The number of hydrogen-bond donors (Lipinski definition) is 2. The van der Waals surface area contributed by atoms with E-state index in [1.54, 1.807) is 19.1 Å². The van der Waals surface area contributed by atoms with Crippen LogP contribution in [0.4, 0.5) is 5.69 Å². The second-order valence-electron chi connectivity index (χ2n) is 5.60. The van der Waals surface area contributed by atoms with Crippen molar-refractivity contribution in [1.82, 2.24) is 0 Å². The van der Waals surface area contributed by atoms with Crippen molar-refractivity contribution in [2.24, 2.45) is 0 Å². The van der Waals surface area contributed by atoms with Crippen LogP contribution >= 0.6 is 0 Å². The monoisotopic (exact) mass is 336 g/mol. The molecule has 0 radical (unpaired) electrons. The summed E-state index contributed by atoms with van der Waals surface area (Å²) in [7, 11) is 0. The van der Waals surface area contributed by atoms with Crippen LogP contribution in [0.15, 0.2) is 42.0 Å². The Labute approximate surface area is 147 Å². The smallest absolute Gasteiger partial charge is 0.266 e.